The molecule has 1 aromatic heterocycles. The summed E-state index contributed by atoms with van der Waals surface area (Å²) in [7, 11) is 0. The van der Waals surface area contributed by atoms with Gasteiger partial charge in [0, 0.05) is 38.9 Å². The summed E-state index contributed by atoms with van der Waals surface area (Å²) >= 11 is 0. The number of carbonyl (C=O) groups excluding carboxylic acids is 1. The first-order chi connectivity index (χ1) is 12.8. The molecule has 136 valence electrons. The number of rotatable bonds is 6. The second-order valence-electron chi connectivity index (χ2n) is 6.23. The fourth-order valence-electron chi connectivity index (χ4n) is 2.97. The lowest BCUT2D eigenvalue weighted by atomic mass is 10.2. The number of hydrogen-bond donors (Lipinski definition) is 0. The van der Waals surface area contributed by atoms with Crippen molar-refractivity contribution >= 4 is 17.9 Å². The summed E-state index contributed by atoms with van der Waals surface area (Å²) in [6, 6.07) is 14.0. The van der Waals surface area contributed by atoms with Gasteiger partial charge in [-0.2, -0.15) is 0 Å². The van der Waals surface area contributed by atoms with Crippen LogP contribution in [0.15, 0.2) is 54.7 Å². The van der Waals surface area contributed by atoms with Gasteiger partial charge in [0.25, 0.3) is 0 Å². The van der Waals surface area contributed by atoms with E-state index in [1.165, 1.54) is 5.56 Å². The molecule has 0 saturated carbocycles. The van der Waals surface area contributed by atoms with E-state index >= 15 is 0 Å². The van der Waals surface area contributed by atoms with E-state index in [9.17, 15) is 4.79 Å². The number of carbonyl (C=O) groups is 1. The molecule has 0 N–H and O–H groups in total. The molecule has 3 rings (SSSR count). The van der Waals surface area contributed by atoms with Gasteiger partial charge in [-0.05, 0) is 24.6 Å². The smallest absolute Gasteiger partial charge is 0.339 e. The summed E-state index contributed by atoms with van der Waals surface area (Å²) < 4.78 is 4.99. The Balaban J connectivity index is 1.47. The van der Waals surface area contributed by atoms with E-state index in [-0.39, 0.29) is 5.97 Å². The molecular weight excluding hydrogens is 326 g/mol. The van der Waals surface area contributed by atoms with E-state index in [2.05, 4.69) is 51.2 Å². The largest absolute Gasteiger partial charge is 0.462 e. The number of pyridine rings is 1. The number of aromatic nitrogens is 1. The minimum atomic E-state index is -0.318. The number of esters is 1. The first-order valence-electron chi connectivity index (χ1n) is 9.08. The Morgan fingerprint density at radius 2 is 1.88 bits per heavy atom. The van der Waals surface area contributed by atoms with Crippen LogP contribution in [0.5, 0.6) is 0 Å². The Hall–Kier alpha value is -2.66. The third-order valence-electron chi connectivity index (χ3n) is 4.43. The zero-order valence-electron chi connectivity index (χ0n) is 15.2. The van der Waals surface area contributed by atoms with E-state index < -0.39 is 0 Å². The van der Waals surface area contributed by atoms with Crippen LogP contribution in [0.1, 0.15) is 22.8 Å². The number of hydrogen-bond acceptors (Lipinski definition) is 5. The molecule has 0 amide bonds. The molecular formula is C21H25N3O2. The zero-order valence-corrected chi connectivity index (χ0v) is 15.2. The van der Waals surface area contributed by atoms with Crippen LogP contribution in [0.3, 0.4) is 0 Å². The van der Waals surface area contributed by atoms with Crippen molar-refractivity contribution in [2.24, 2.45) is 0 Å². The molecule has 2 aromatic rings. The monoisotopic (exact) mass is 351 g/mol. The highest BCUT2D eigenvalue weighted by molar-refractivity contribution is 5.89. The quantitative estimate of drug-likeness (QED) is 0.749. The van der Waals surface area contributed by atoms with Crippen LogP contribution in [0.2, 0.25) is 0 Å². The number of ether oxygens (including phenoxy) is 1. The van der Waals surface area contributed by atoms with Crippen molar-refractivity contribution in [3.05, 3.63) is 65.9 Å². The Bertz CT molecular complexity index is 721. The van der Waals surface area contributed by atoms with E-state index in [1.807, 2.05) is 12.1 Å². The third kappa shape index (κ3) is 4.92. The molecule has 1 saturated heterocycles. The highest BCUT2D eigenvalue weighted by Crippen LogP contribution is 2.15. The maximum atomic E-state index is 11.7. The second kappa shape index (κ2) is 9.15. The summed E-state index contributed by atoms with van der Waals surface area (Å²) in [6.07, 6.45) is 5.99. The lowest BCUT2D eigenvalue weighted by Gasteiger charge is -2.34. The van der Waals surface area contributed by atoms with Crippen molar-refractivity contribution in [1.29, 1.82) is 0 Å². The van der Waals surface area contributed by atoms with Gasteiger partial charge in [0.15, 0.2) is 0 Å². The Labute approximate surface area is 154 Å². The standard InChI is InChI=1S/C21H25N3O2/c1-2-26-21(25)19-10-11-20(22-17-19)24-15-13-23(14-16-24)12-6-9-18-7-4-3-5-8-18/h3-11,17H,2,12-16H2,1H3/b9-6+. The zero-order chi connectivity index (χ0) is 18.2. The Morgan fingerprint density at radius 1 is 1.12 bits per heavy atom. The number of anilines is 1. The van der Waals surface area contributed by atoms with Gasteiger partial charge in [-0.15, -0.1) is 0 Å². The van der Waals surface area contributed by atoms with E-state index in [0.717, 1.165) is 38.5 Å². The van der Waals surface area contributed by atoms with Crippen LogP contribution in [-0.4, -0.2) is 55.2 Å². The van der Waals surface area contributed by atoms with Crippen molar-refractivity contribution in [2.45, 2.75) is 6.92 Å². The van der Waals surface area contributed by atoms with Crippen LogP contribution in [-0.2, 0) is 4.74 Å². The predicted molar refractivity (Wildman–Crippen MR) is 104 cm³/mol. The molecule has 0 radical (unpaired) electrons. The van der Waals surface area contributed by atoms with E-state index in [4.69, 9.17) is 4.74 Å². The van der Waals surface area contributed by atoms with Crippen molar-refractivity contribution in [1.82, 2.24) is 9.88 Å². The van der Waals surface area contributed by atoms with Crippen LogP contribution >= 0.6 is 0 Å². The van der Waals surface area contributed by atoms with Crippen molar-refractivity contribution in [3.8, 4) is 0 Å². The molecule has 0 spiro atoms. The van der Waals surface area contributed by atoms with Crippen LogP contribution in [0.4, 0.5) is 5.82 Å². The summed E-state index contributed by atoms with van der Waals surface area (Å²) in [5, 5.41) is 0. The fraction of sp³-hybridized carbons (Fsp3) is 0.333. The molecule has 0 unspecified atom stereocenters. The van der Waals surface area contributed by atoms with E-state index in [1.54, 1.807) is 19.2 Å². The van der Waals surface area contributed by atoms with Crippen LogP contribution in [0.25, 0.3) is 6.08 Å². The molecule has 1 aliphatic heterocycles. The lowest BCUT2D eigenvalue weighted by Crippen LogP contribution is -2.46. The highest BCUT2D eigenvalue weighted by Gasteiger charge is 2.17. The molecule has 26 heavy (non-hydrogen) atoms. The fourth-order valence-corrected chi connectivity index (χ4v) is 2.97. The highest BCUT2D eigenvalue weighted by atomic mass is 16.5. The molecule has 0 atom stereocenters. The summed E-state index contributed by atoms with van der Waals surface area (Å²) in [5.74, 6) is 0.596. The minimum Gasteiger partial charge on any atom is -0.462 e. The molecule has 0 bridgehead atoms. The molecule has 1 fully saturated rings. The molecule has 0 aliphatic carbocycles. The lowest BCUT2D eigenvalue weighted by molar-refractivity contribution is 0.0526. The van der Waals surface area contributed by atoms with E-state index in [0.29, 0.717) is 12.2 Å². The molecule has 5 heteroatoms. The molecule has 1 aliphatic rings. The topological polar surface area (TPSA) is 45.7 Å². The first-order valence-corrected chi connectivity index (χ1v) is 9.08. The second-order valence-corrected chi connectivity index (χ2v) is 6.23. The van der Waals surface area contributed by atoms with Gasteiger partial charge in [0.1, 0.15) is 5.82 Å². The number of piperazine rings is 1. The van der Waals surface area contributed by atoms with Gasteiger partial charge < -0.3 is 9.64 Å². The maximum absolute atomic E-state index is 11.7. The van der Waals surface area contributed by atoms with Crippen LogP contribution in [0, 0.1) is 0 Å². The Morgan fingerprint density at radius 3 is 2.54 bits per heavy atom. The number of benzene rings is 1. The summed E-state index contributed by atoms with van der Waals surface area (Å²) in [6.45, 7) is 7.00. The SMILES string of the molecule is CCOC(=O)c1ccc(N2CCN(C/C=C/c3ccccc3)CC2)nc1. The van der Waals surface area contributed by atoms with Crippen molar-refractivity contribution in [2.75, 3.05) is 44.2 Å². The van der Waals surface area contributed by atoms with Gasteiger partial charge in [-0.3, -0.25) is 4.90 Å². The minimum absolute atomic E-state index is 0.318. The summed E-state index contributed by atoms with van der Waals surface area (Å²) in [5.41, 5.74) is 1.73. The molecule has 1 aromatic carbocycles. The van der Waals surface area contributed by atoms with Gasteiger partial charge in [-0.1, -0.05) is 42.5 Å². The van der Waals surface area contributed by atoms with Gasteiger partial charge in [0.05, 0.1) is 12.2 Å². The average molecular weight is 351 g/mol. The summed E-state index contributed by atoms with van der Waals surface area (Å²) in [4.78, 5) is 20.8. The van der Waals surface area contributed by atoms with Gasteiger partial charge >= 0.3 is 5.97 Å². The first kappa shape index (κ1) is 18.1. The van der Waals surface area contributed by atoms with Crippen LogP contribution < -0.4 is 4.90 Å². The molecule has 5 nitrogen and oxygen atoms in total. The average Bonchev–Trinajstić information content (AvgIpc) is 2.70. The van der Waals surface area contributed by atoms with Crippen molar-refractivity contribution in [3.63, 3.8) is 0 Å². The normalized spacial score (nSPS) is 15.3. The maximum Gasteiger partial charge on any atom is 0.339 e. The predicted octanol–water partition coefficient (Wildman–Crippen LogP) is 3.09. The van der Waals surface area contributed by atoms with Gasteiger partial charge in [-0.25, -0.2) is 9.78 Å². The van der Waals surface area contributed by atoms with Crippen molar-refractivity contribution < 1.29 is 9.53 Å². The Kier molecular flexibility index (Phi) is 6.39. The third-order valence-corrected chi connectivity index (χ3v) is 4.43. The number of nitrogens with zero attached hydrogens (tertiary/aromatic N) is 3. The van der Waals surface area contributed by atoms with Gasteiger partial charge in [0.2, 0.25) is 0 Å². The molecule has 2 heterocycles.